The number of hydrogen-bond acceptors (Lipinski definition) is 3. The van der Waals surface area contributed by atoms with Crippen molar-refractivity contribution in [1.82, 2.24) is 5.32 Å². The summed E-state index contributed by atoms with van der Waals surface area (Å²) in [7, 11) is 0. The third kappa shape index (κ3) is 5.37. The van der Waals surface area contributed by atoms with Gasteiger partial charge < -0.3 is 16.2 Å². The van der Waals surface area contributed by atoms with Crippen LogP contribution in [0.15, 0.2) is 0 Å². The molecule has 0 aromatic carbocycles. The first-order valence-corrected chi connectivity index (χ1v) is 5.28. The van der Waals surface area contributed by atoms with Crippen LogP contribution in [0.3, 0.4) is 0 Å². The fourth-order valence-corrected chi connectivity index (χ4v) is 1.38. The Bertz CT molecular complexity index is 197. The predicted octanol–water partition coefficient (Wildman–Crippen LogP) is 0.341. The Balaban J connectivity index is 3.85. The number of carboxylic acids is 1. The molecule has 0 radical (unpaired) electrons. The van der Waals surface area contributed by atoms with E-state index in [-0.39, 0.29) is 17.9 Å². The molecule has 5 heteroatoms. The molecule has 0 saturated carbocycles. The quantitative estimate of drug-likeness (QED) is 0.545. The van der Waals surface area contributed by atoms with Gasteiger partial charge in [-0.1, -0.05) is 13.8 Å². The largest absolute Gasteiger partial charge is 0.481 e. The number of rotatable bonds is 8. The van der Waals surface area contributed by atoms with E-state index in [9.17, 15) is 9.59 Å². The van der Waals surface area contributed by atoms with Crippen LogP contribution < -0.4 is 11.1 Å². The SMILES string of the molecule is CCC(NCC[C@@H](CC)C(=O)O)C(N)=O. The van der Waals surface area contributed by atoms with Gasteiger partial charge in [0.25, 0.3) is 0 Å². The van der Waals surface area contributed by atoms with E-state index in [0.717, 1.165) is 0 Å². The molecular weight excluding hydrogens is 196 g/mol. The first-order valence-electron chi connectivity index (χ1n) is 5.28. The molecule has 0 aromatic rings. The molecule has 0 aromatic heterocycles. The summed E-state index contributed by atoms with van der Waals surface area (Å²) in [4.78, 5) is 21.5. The molecule has 1 unspecified atom stereocenters. The van der Waals surface area contributed by atoms with Crippen LogP contribution in [0.2, 0.25) is 0 Å². The maximum absolute atomic E-state index is 10.9. The van der Waals surface area contributed by atoms with Gasteiger partial charge in [-0.05, 0) is 25.8 Å². The molecule has 1 amide bonds. The molecule has 0 spiro atoms. The molecule has 0 aliphatic carbocycles. The van der Waals surface area contributed by atoms with E-state index in [1.54, 1.807) is 0 Å². The van der Waals surface area contributed by atoms with Crippen molar-refractivity contribution in [3.63, 3.8) is 0 Å². The molecule has 0 bridgehead atoms. The maximum Gasteiger partial charge on any atom is 0.306 e. The molecule has 0 fully saturated rings. The highest BCUT2D eigenvalue weighted by Crippen LogP contribution is 2.07. The highest BCUT2D eigenvalue weighted by Gasteiger charge is 2.16. The standard InChI is InChI=1S/C10H20N2O3/c1-3-7(10(14)15)5-6-12-8(4-2)9(11)13/h7-8,12H,3-6H2,1-2H3,(H2,11,13)(H,14,15)/t7-,8?/m1/s1. The summed E-state index contributed by atoms with van der Waals surface area (Å²) >= 11 is 0. The van der Waals surface area contributed by atoms with Crippen LogP contribution >= 0.6 is 0 Å². The Morgan fingerprint density at radius 2 is 1.93 bits per heavy atom. The zero-order chi connectivity index (χ0) is 11.8. The molecule has 5 nitrogen and oxygen atoms in total. The van der Waals surface area contributed by atoms with Crippen LogP contribution in [0.1, 0.15) is 33.1 Å². The highest BCUT2D eigenvalue weighted by molar-refractivity contribution is 5.79. The number of hydrogen-bond donors (Lipinski definition) is 3. The van der Waals surface area contributed by atoms with Crippen LogP contribution in [-0.4, -0.2) is 29.6 Å². The summed E-state index contributed by atoms with van der Waals surface area (Å²) < 4.78 is 0. The summed E-state index contributed by atoms with van der Waals surface area (Å²) in [5, 5.41) is 11.7. The first-order chi connectivity index (χ1) is 7.02. The highest BCUT2D eigenvalue weighted by atomic mass is 16.4. The Hall–Kier alpha value is -1.10. The lowest BCUT2D eigenvalue weighted by molar-refractivity contribution is -0.142. The number of carboxylic acid groups (broad SMARTS) is 1. The van der Waals surface area contributed by atoms with E-state index in [1.165, 1.54) is 0 Å². The summed E-state index contributed by atoms with van der Waals surface area (Å²) in [5.74, 6) is -1.52. The van der Waals surface area contributed by atoms with Crippen LogP contribution in [0, 0.1) is 5.92 Å². The summed E-state index contributed by atoms with van der Waals surface area (Å²) in [5.41, 5.74) is 5.14. The monoisotopic (exact) mass is 216 g/mol. The lowest BCUT2D eigenvalue weighted by atomic mass is 10.0. The van der Waals surface area contributed by atoms with Gasteiger partial charge in [0.2, 0.25) is 5.91 Å². The van der Waals surface area contributed by atoms with Crippen molar-refractivity contribution < 1.29 is 14.7 Å². The van der Waals surface area contributed by atoms with Gasteiger partial charge in [-0.3, -0.25) is 9.59 Å². The molecule has 0 aliphatic heterocycles. The smallest absolute Gasteiger partial charge is 0.306 e. The van der Waals surface area contributed by atoms with E-state index >= 15 is 0 Å². The van der Waals surface area contributed by atoms with E-state index < -0.39 is 5.97 Å². The Morgan fingerprint density at radius 3 is 2.27 bits per heavy atom. The second-order valence-corrected chi connectivity index (χ2v) is 3.55. The minimum Gasteiger partial charge on any atom is -0.481 e. The second-order valence-electron chi connectivity index (χ2n) is 3.55. The average molecular weight is 216 g/mol. The van der Waals surface area contributed by atoms with E-state index in [2.05, 4.69) is 5.32 Å². The summed E-state index contributed by atoms with van der Waals surface area (Å²) in [6, 6.07) is -0.351. The second kappa shape index (κ2) is 7.23. The number of amides is 1. The number of primary amides is 1. The van der Waals surface area contributed by atoms with Crippen molar-refractivity contribution in [2.45, 2.75) is 39.2 Å². The average Bonchev–Trinajstić information content (AvgIpc) is 2.17. The molecule has 0 rings (SSSR count). The molecule has 15 heavy (non-hydrogen) atoms. The minimum atomic E-state index is -0.786. The fraction of sp³-hybridized carbons (Fsp3) is 0.800. The molecule has 88 valence electrons. The van der Waals surface area contributed by atoms with Gasteiger partial charge in [-0.25, -0.2) is 0 Å². The molecule has 4 N–H and O–H groups in total. The maximum atomic E-state index is 10.9. The Labute approximate surface area is 90.0 Å². The number of carbonyl (C=O) groups is 2. The van der Waals surface area contributed by atoms with Gasteiger partial charge in [0.1, 0.15) is 0 Å². The topological polar surface area (TPSA) is 92.4 Å². The van der Waals surface area contributed by atoms with E-state index in [1.807, 2.05) is 13.8 Å². The van der Waals surface area contributed by atoms with Gasteiger partial charge in [0, 0.05) is 0 Å². The third-order valence-corrected chi connectivity index (χ3v) is 2.48. The third-order valence-electron chi connectivity index (χ3n) is 2.48. The predicted molar refractivity (Wildman–Crippen MR) is 57.3 cm³/mol. The summed E-state index contributed by atoms with van der Waals surface area (Å²) in [6.45, 7) is 4.20. The van der Waals surface area contributed by atoms with Gasteiger partial charge in [-0.2, -0.15) is 0 Å². The molecule has 0 aliphatic rings. The normalized spacial score (nSPS) is 14.5. The van der Waals surface area contributed by atoms with Crippen molar-refractivity contribution >= 4 is 11.9 Å². The van der Waals surface area contributed by atoms with E-state index in [4.69, 9.17) is 10.8 Å². The zero-order valence-electron chi connectivity index (χ0n) is 9.32. The van der Waals surface area contributed by atoms with Crippen LogP contribution in [0.25, 0.3) is 0 Å². The van der Waals surface area contributed by atoms with Gasteiger partial charge in [-0.15, -0.1) is 0 Å². The molecule has 0 saturated heterocycles. The van der Waals surface area contributed by atoms with Crippen molar-refractivity contribution in [3.05, 3.63) is 0 Å². The summed E-state index contributed by atoms with van der Waals surface area (Å²) in [6.07, 6.45) is 1.75. The molecular formula is C10H20N2O3. The first kappa shape index (κ1) is 13.9. The lowest BCUT2D eigenvalue weighted by Gasteiger charge is -2.15. The number of aliphatic carboxylic acids is 1. The Kier molecular flexibility index (Phi) is 6.70. The van der Waals surface area contributed by atoms with Crippen molar-refractivity contribution in [3.8, 4) is 0 Å². The molecule has 2 atom stereocenters. The van der Waals surface area contributed by atoms with Crippen molar-refractivity contribution in [2.24, 2.45) is 11.7 Å². The van der Waals surface area contributed by atoms with Crippen molar-refractivity contribution in [1.29, 1.82) is 0 Å². The number of nitrogens with two attached hydrogens (primary N) is 1. The number of nitrogens with one attached hydrogen (secondary N) is 1. The van der Waals surface area contributed by atoms with Crippen molar-refractivity contribution in [2.75, 3.05) is 6.54 Å². The van der Waals surface area contributed by atoms with E-state index in [0.29, 0.717) is 25.8 Å². The van der Waals surface area contributed by atoms with Gasteiger partial charge in [0.05, 0.1) is 12.0 Å². The molecule has 0 heterocycles. The lowest BCUT2D eigenvalue weighted by Crippen LogP contribution is -2.41. The fourth-order valence-electron chi connectivity index (χ4n) is 1.38. The van der Waals surface area contributed by atoms with Gasteiger partial charge >= 0.3 is 5.97 Å². The van der Waals surface area contributed by atoms with Crippen LogP contribution in [0.5, 0.6) is 0 Å². The Morgan fingerprint density at radius 1 is 1.33 bits per heavy atom. The minimum absolute atomic E-state index is 0.345. The van der Waals surface area contributed by atoms with Crippen LogP contribution in [-0.2, 0) is 9.59 Å². The zero-order valence-corrected chi connectivity index (χ0v) is 9.32. The van der Waals surface area contributed by atoms with Gasteiger partial charge in [0.15, 0.2) is 0 Å². The number of carbonyl (C=O) groups excluding carboxylic acids is 1. The van der Waals surface area contributed by atoms with Crippen LogP contribution in [0.4, 0.5) is 0 Å².